The van der Waals surface area contributed by atoms with Crippen molar-refractivity contribution in [3.05, 3.63) is 0 Å². The summed E-state index contributed by atoms with van der Waals surface area (Å²) in [4.78, 5) is 21.1. The molecule has 316 valence electrons. The molecule has 4 aliphatic heterocycles. The highest BCUT2D eigenvalue weighted by molar-refractivity contribution is 8.20. The van der Waals surface area contributed by atoms with E-state index in [9.17, 15) is 25.2 Å². The van der Waals surface area contributed by atoms with E-state index in [1.165, 1.54) is 14.0 Å². The van der Waals surface area contributed by atoms with Gasteiger partial charge < -0.3 is 44.3 Å². The number of piperidine rings is 1. The van der Waals surface area contributed by atoms with E-state index < -0.39 is 103 Å². The predicted molar refractivity (Wildman–Crippen MR) is 211 cm³/mol. The maximum absolute atomic E-state index is 16.4. The van der Waals surface area contributed by atoms with Gasteiger partial charge in [-0.25, -0.2) is 4.72 Å². The summed E-state index contributed by atoms with van der Waals surface area (Å²) >= 11 is 0. The lowest BCUT2D eigenvalue weighted by Gasteiger charge is -2.71. The normalized spacial score (nSPS) is 51.9. The lowest BCUT2D eigenvalue weighted by molar-refractivity contribution is -0.296. The largest absolute Gasteiger partial charge is 0.459 e. The standard InChI is InChI=1S/C39H74N4O10S/c1-16-27-39(10,48)32(44)22(4)29(40-11)20(2)18-37(8,47)34(54(15,49)35-30(42-54)26(43(12)13)17-21(3)41-35)23(5)31(24(6)36(46)52-27)53-28-19-38(9,50-14)33(45)25(7)51-28/h20-28,30-35,41,44-45,47-48H,16-19H2,1-15H3,(H,42,49)/t20-,21?,22+,23+,24-,25?,26?,27-,28?,30?,31+,32-,33?,34-,35?,37-,38?,39-/m1/s1. The maximum atomic E-state index is 16.4. The molecule has 0 saturated carbocycles. The number of carbonyl (C=O) groups excluding carboxylic acids is 1. The van der Waals surface area contributed by atoms with Gasteiger partial charge in [-0.2, -0.15) is 0 Å². The number of nitrogens with zero attached hydrogens (tertiary/aromatic N) is 2. The van der Waals surface area contributed by atoms with Gasteiger partial charge in [-0.05, 0) is 96.0 Å². The molecule has 0 aromatic carbocycles. The number of aliphatic hydroxyl groups excluding tert-OH is 2. The lowest BCUT2D eigenvalue weighted by atomic mass is 9.74. The molecule has 0 aromatic heterocycles. The molecule has 8 unspecified atom stereocenters. The van der Waals surface area contributed by atoms with Gasteiger partial charge in [0.1, 0.15) is 17.8 Å². The maximum Gasteiger partial charge on any atom is 0.311 e. The number of hydrogen-bond donors (Lipinski definition) is 6. The van der Waals surface area contributed by atoms with Crippen LogP contribution in [0.25, 0.3) is 0 Å². The molecular weight excluding hydrogens is 717 g/mol. The van der Waals surface area contributed by atoms with Crippen molar-refractivity contribution in [3.8, 4) is 0 Å². The second kappa shape index (κ2) is 15.9. The van der Waals surface area contributed by atoms with E-state index in [0.717, 1.165) is 6.42 Å². The number of nitrogens with one attached hydrogen (secondary N) is 2. The number of aliphatic imine (C=N–C) groups is 1. The second-order valence-corrected chi connectivity index (χ2v) is 22.6. The molecule has 18 atom stereocenters. The third-order valence-electron chi connectivity index (χ3n) is 13.7. The highest BCUT2D eigenvalue weighted by atomic mass is 32.3. The Kier molecular flexibility index (Phi) is 13.4. The quantitative estimate of drug-likeness (QED) is 0.215. The van der Waals surface area contributed by atoms with Crippen molar-refractivity contribution in [1.29, 1.82) is 0 Å². The molecule has 0 bridgehead atoms. The molecule has 0 aliphatic carbocycles. The number of methoxy groups -OCH3 is 1. The Morgan fingerprint density at radius 3 is 2.17 bits per heavy atom. The first-order valence-corrected chi connectivity index (χ1v) is 22.4. The van der Waals surface area contributed by atoms with Crippen LogP contribution in [0.4, 0.5) is 0 Å². The summed E-state index contributed by atoms with van der Waals surface area (Å²) < 4.78 is 44.8. The molecule has 0 spiro atoms. The van der Waals surface area contributed by atoms with Crippen molar-refractivity contribution in [2.24, 2.45) is 28.7 Å². The number of likely N-dealkylation sites (N-methyl/N-ethyl adjacent to an activating group) is 1. The van der Waals surface area contributed by atoms with Crippen LogP contribution < -0.4 is 10.0 Å². The van der Waals surface area contributed by atoms with Crippen molar-refractivity contribution in [2.75, 3.05) is 34.5 Å². The Labute approximate surface area is 324 Å². The van der Waals surface area contributed by atoms with Crippen LogP contribution in [0.2, 0.25) is 0 Å². The van der Waals surface area contributed by atoms with E-state index in [-0.39, 0.29) is 37.4 Å². The predicted octanol–water partition coefficient (Wildman–Crippen LogP) is 1.82. The number of hydrogen-bond acceptors (Lipinski definition) is 13. The number of aliphatic hydroxyl groups is 4. The van der Waals surface area contributed by atoms with E-state index in [2.05, 4.69) is 26.9 Å². The highest BCUT2D eigenvalue weighted by Gasteiger charge is 2.69. The Morgan fingerprint density at radius 2 is 1.63 bits per heavy atom. The zero-order valence-electron chi connectivity index (χ0n) is 35.5. The molecule has 0 aromatic rings. The molecule has 4 fully saturated rings. The first-order valence-electron chi connectivity index (χ1n) is 19.9. The summed E-state index contributed by atoms with van der Waals surface area (Å²) in [5, 5.41) is 49.7. The molecule has 6 N–H and O–H groups in total. The minimum Gasteiger partial charge on any atom is -0.459 e. The zero-order chi connectivity index (χ0) is 41.1. The van der Waals surface area contributed by atoms with Crippen molar-refractivity contribution in [2.45, 2.75) is 177 Å². The zero-order valence-corrected chi connectivity index (χ0v) is 36.3. The topological polar surface area (TPSA) is 192 Å². The Morgan fingerprint density at radius 1 is 1.02 bits per heavy atom. The van der Waals surface area contributed by atoms with Crippen molar-refractivity contribution >= 4 is 20.9 Å². The fourth-order valence-corrected chi connectivity index (χ4v) is 16.4. The van der Waals surface area contributed by atoms with Gasteiger partial charge in [-0.1, -0.05) is 27.7 Å². The molecule has 4 heterocycles. The van der Waals surface area contributed by atoms with Crippen molar-refractivity contribution in [1.82, 2.24) is 14.9 Å². The summed E-state index contributed by atoms with van der Waals surface area (Å²) in [5.74, 6) is -3.58. The molecule has 4 aliphatic rings. The van der Waals surface area contributed by atoms with Gasteiger partial charge in [0.15, 0.2) is 6.29 Å². The van der Waals surface area contributed by atoms with E-state index in [4.69, 9.17) is 18.9 Å². The van der Waals surface area contributed by atoms with Crippen LogP contribution in [0.1, 0.15) is 94.9 Å². The molecular formula is C39H74N4O10S. The molecule has 4 rings (SSSR count). The van der Waals surface area contributed by atoms with Gasteiger partial charge in [-0.3, -0.25) is 19.3 Å². The SMILES string of the molecule is CC[C@H]1OC(=O)[C@H](C)[C@@H](OC2CC(C)(OC)C(O)C(C)O2)[C@H](C)[C@@H](S2(C)(=O)NC3C(N(C)C)CC(C)NC32)[C@](C)(O)C[C@@H](C)C(=NC)[C@H](C)[C@@H](O)[C@]1(C)O. The minimum atomic E-state index is -4.11. The van der Waals surface area contributed by atoms with E-state index in [1.807, 2.05) is 27.9 Å². The monoisotopic (exact) mass is 791 g/mol. The van der Waals surface area contributed by atoms with Gasteiger partial charge in [-0.15, -0.1) is 0 Å². The third-order valence-corrected chi connectivity index (χ3v) is 18.5. The second-order valence-electron chi connectivity index (χ2n) is 18.4. The Hall–Kier alpha value is -1.11. The van der Waals surface area contributed by atoms with E-state index in [0.29, 0.717) is 5.71 Å². The van der Waals surface area contributed by atoms with Crippen LogP contribution in [0, 0.1) is 23.7 Å². The summed E-state index contributed by atoms with van der Waals surface area (Å²) in [6, 6.07) is -0.0462. The van der Waals surface area contributed by atoms with Gasteiger partial charge >= 0.3 is 5.97 Å². The molecule has 0 amide bonds. The number of ether oxygens (including phenoxy) is 4. The molecule has 54 heavy (non-hydrogen) atoms. The average Bonchev–Trinajstić information content (AvgIpc) is 3.07. The Balaban J connectivity index is 1.94. The summed E-state index contributed by atoms with van der Waals surface area (Å²) in [6.45, 7) is 17.7. The smallest absolute Gasteiger partial charge is 0.311 e. The van der Waals surface area contributed by atoms with Crippen LogP contribution in [0.5, 0.6) is 0 Å². The van der Waals surface area contributed by atoms with Crippen molar-refractivity contribution in [3.63, 3.8) is 0 Å². The molecule has 4 saturated heterocycles. The number of carbonyl (C=O) groups is 1. The first kappa shape index (κ1) is 45.6. The summed E-state index contributed by atoms with van der Waals surface area (Å²) in [7, 11) is 3.06. The summed E-state index contributed by atoms with van der Waals surface area (Å²) in [5.41, 5.74) is -3.98. The van der Waals surface area contributed by atoms with Gasteiger partial charge in [0.25, 0.3) is 0 Å². The van der Waals surface area contributed by atoms with Gasteiger partial charge in [0.2, 0.25) is 0 Å². The highest BCUT2D eigenvalue weighted by Crippen LogP contribution is 2.53. The Bertz CT molecular complexity index is 1450. The van der Waals surface area contributed by atoms with Gasteiger partial charge in [0.05, 0.1) is 52.1 Å². The lowest BCUT2D eigenvalue weighted by Crippen LogP contribution is -2.91. The average molecular weight is 791 g/mol. The third kappa shape index (κ3) is 7.99. The van der Waals surface area contributed by atoms with Crippen LogP contribution >= 0.6 is 0 Å². The first-order chi connectivity index (χ1) is 24.7. The number of cyclic esters (lactones) is 1. The van der Waals surface area contributed by atoms with Crippen LogP contribution in [0.3, 0.4) is 0 Å². The van der Waals surface area contributed by atoms with Crippen LogP contribution in [-0.2, 0) is 33.0 Å². The number of esters is 1. The minimum absolute atomic E-state index is 0.0407. The van der Waals surface area contributed by atoms with Crippen molar-refractivity contribution < 1.29 is 48.4 Å². The summed E-state index contributed by atoms with van der Waals surface area (Å²) in [6.07, 6.45) is -3.07. The number of rotatable bonds is 6. The molecule has 0 radical (unpaired) electrons. The fourth-order valence-electron chi connectivity index (χ4n) is 10.9. The molecule has 15 heteroatoms. The van der Waals surface area contributed by atoms with E-state index in [1.54, 1.807) is 54.8 Å². The molecule has 14 nitrogen and oxygen atoms in total. The van der Waals surface area contributed by atoms with Crippen LogP contribution in [-0.4, -0.2) is 158 Å². The van der Waals surface area contributed by atoms with E-state index >= 15 is 4.21 Å². The van der Waals surface area contributed by atoms with Gasteiger partial charge in [0, 0.05) is 50.5 Å². The van der Waals surface area contributed by atoms with Crippen LogP contribution in [0.15, 0.2) is 4.99 Å². The number of fused-ring (bicyclic) bond motifs is 1. The fraction of sp³-hybridized carbons (Fsp3) is 0.949.